The van der Waals surface area contributed by atoms with Crippen molar-refractivity contribution in [3.05, 3.63) is 296 Å². The summed E-state index contributed by atoms with van der Waals surface area (Å²) in [5.74, 6) is 2.81. The maximum atomic E-state index is 9.01. The summed E-state index contributed by atoms with van der Waals surface area (Å²) < 4.78 is 73.1. The zero-order valence-electron chi connectivity index (χ0n) is 54.9. The molecule has 1 N–H and O–H groups in total. The predicted molar refractivity (Wildman–Crippen MR) is 376 cm³/mol. The van der Waals surface area contributed by atoms with Gasteiger partial charge in [0, 0.05) is 89.7 Å². The van der Waals surface area contributed by atoms with Gasteiger partial charge in [-0.2, -0.15) is 9.97 Å². The van der Waals surface area contributed by atoms with Crippen LogP contribution in [-0.4, -0.2) is 39.5 Å². The van der Waals surface area contributed by atoms with Crippen LogP contribution in [0.4, 0.5) is 0 Å². The van der Waals surface area contributed by atoms with E-state index in [1.54, 1.807) is 0 Å². The van der Waals surface area contributed by atoms with Crippen molar-refractivity contribution in [2.24, 2.45) is 0 Å². The van der Waals surface area contributed by atoms with E-state index >= 15 is 0 Å². The summed E-state index contributed by atoms with van der Waals surface area (Å²) >= 11 is 6.14. The summed E-state index contributed by atoms with van der Waals surface area (Å²) in [6.45, 7) is 0. The average Bonchev–Trinajstić information content (AvgIpc) is 1.56. The zero-order chi connectivity index (χ0) is 66.2. The highest BCUT2D eigenvalue weighted by atomic mass is 79.9. The highest BCUT2D eigenvalue weighted by Crippen LogP contribution is 2.45. The van der Waals surface area contributed by atoms with E-state index in [0.29, 0.717) is 54.2 Å². The topological polar surface area (TPSA) is 98.1 Å². The standard InChI is InChI=1S/C39H24N4S.C24H15NS.C15H10BrN3/c1-4-12-25(13-5-1)28-20-22-32-31(24-28)29-21-23-34-35(30-18-10-11-19-33(30)44-34)36(29)43(32)39-41-37(26-14-6-2-7-15-26)40-38(42-39)27-16-8-3-9-17-27;1-2-6-15(7-3-1)16-10-12-20-19(14-16)17-11-13-22-23(24(17)25-20)18-8-4-5-9-21(18)26-22;16-15-18-13(11-7-3-1-4-8-11)17-14(19-15)12-9-5-2-6-10-12/h1-24H;1-14,25H;1-10H/i10D,11D,18D,19D;4D,5D,8D,9D;. The number of rotatable bonds is 7. The maximum Gasteiger partial charge on any atom is 0.238 e. The largest absolute Gasteiger partial charge is 0.354 e. The molecule has 0 fully saturated rings. The van der Waals surface area contributed by atoms with Gasteiger partial charge in [0.1, 0.15) is 0 Å². The van der Waals surface area contributed by atoms with Crippen LogP contribution in [-0.2, 0) is 0 Å². The van der Waals surface area contributed by atoms with Gasteiger partial charge in [-0.05, 0) is 86.7 Å². The molecule has 0 amide bonds. The normalized spacial score (nSPS) is 12.7. The molecule has 8 nitrogen and oxygen atoms in total. The number of halogens is 1. The summed E-state index contributed by atoms with van der Waals surface area (Å²) in [6, 6.07) is 79.9. The summed E-state index contributed by atoms with van der Waals surface area (Å²) in [5, 5.41) is 6.80. The highest BCUT2D eigenvalue weighted by molar-refractivity contribution is 9.10. The molecule has 0 saturated heterocycles. The second kappa shape index (κ2) is 23.1. The number of benzene rings is 12. The molecule has 18 rings (SSSR count). The lowest BCUT2D eigenvalue weighted by Gasteiger charge is -2.11. The Labute approximate surface area is 539 Å². The molecule has 0 unspecified atom stereocenters. The summed E-state index contributed by atoms with van der Waals surface area (Å²) in [7, 11) is 0. The summed E-state index contributed by atoms with van der Waals surface area (Å²) in [5.41, 5.74) is 11.7. The van der Waals surface area contributed by atoms with Crippen molar-refractivity contribution in [2.45, 2.75) is 0 Å². The van der Waals surface area contributed by atoms with Crippen molar-refractivity contribution in [3.63, 3.8) is 0 Å². The van der Waals surface area contributed by atoms with Crippen molar-refractivity contribution in [1.29, 1.82) is 0 Å². The third-order valence-corrected chi connectivity index (χ3v) is 18.1. The maximum absolute atomic E-state index is 9.01. The minimum atomic E-state index is -0.254. The lowest BCUT2D eigenvalue weighted by atomic mass is 10.0. The summed E-state index contributed by atoms with van der Waals surface area (Å²) in [6.07, 6.45) is 0. The van der Waals surface area contributed by atoms with Crippen LogP contribution in [0.15, 0.2) is 296 Å². The van der Waals surface area contributed by atoms with E-state index in [1.165, 1.54) is 22.7 Å². The van der Waals surface area contributed by atoms with E-state index in [0.717, 1.165) is 108 Å². The molecule has 11 heteroatoms. The second-order valence-corrected chi connectivity index (χ2v) is 23.8. The molecule has 12 aromatic carbocycles. The van der Waals surface area contributed by atoms with E-state index in [-0.39, 0.29) is 48.3 Å². The quantitative estimate of drug-likeness (QED) is 0.171. The fourth-order valence-corrected chi connectivity index (χ4v) is 13.9. The molecule has 0 spiro atoms. The Balaban J connectivity index is 0.000000127. The van der Waals surface area contributed by atoms with Crippen LogP contribution in [0, 0.1) is 0 Å². The first-order chi connectivity index (χ1) is 47.3. The van der Waals surface area contributed by atoms with E-state index < -0.39 is 0 Å². The molecule has 0 aliphatic heterocycles. The minimum absolute atomic E-state index is 0.0216. The number of thiophene rings is 2. The van der Waals surface area contributed by atoms with Crippen molar-refractivity contribution >= 4 is 123 Å². The van der Waals surface area contributed by atoms with Crippen molar-refractivity contribution in [1.82, 2.24) is 39.5 Å². The Morgan fingerprint density at radius 3 is 1.26 bits per heavy atom. The van der Waals surface area contributed by atoms with Gasteiger partial charge in [0.25, 0.3) is 0 Å². The van der Waals surface area contributed by atoms with Gasteiger partial charge in [-0.25, -0.2) is 19.9 Å². The third kappa shape index (κ3) is 10.2. The van der Waals surface area contributed by atoms with Gasteiger partial charge >= 0.3 is 0 Å². The molecule has 0 bridgehead atoms. The molecular formula is C78H49BrN8S2. The van der Waals surface area contributed by atoms with Gasteiger partial charge in [0.2, 0.25) is 10.7 Å². The SMILES string of the molecule is Brc1nc(-c2ccccc2)nc(-c2ccccc2)n1.[2H]c1c([2H])c([2H])c2c(sc3ccc4c5cc(-c6ccccc6)ccc5[nH]c4c32)c1[2H].[2H]c1c([2H])c([2H])c2c(sc3ccc4c5cc(-c6ccccc6)ccc5n(-c5nc(-c6ccccc6)nc(-c6ccccc6)n5)c4c32)c1[2H]. The molecule has 0 atom stereocenters. The Bertz CT molecular complexity index is 6010. The Hall–Kier alpha value is -10.8. The van der Waals surface area contributed by atoms with Gasteiger partial charge < -0.3 is 4.98 Å². The summed E-state index contributed by atoms with van der Waals surface area (Å²) in [4.78, 5) is 31.8. The zero-order valence-corrected chi connectivity index (χ0v) is 50.1. The number of aromatic nitrogens is 8. The lowest BCUT2D eigenvalue weighted by molar-refractivity contribution is 0.955. The Morgan fingerprint density at radius 2 is 0.753 bits per heavy atom. The van der Waals surface area contributed by atoms with Crippen molar-refractivity contribution in [2.75, 3.05) is 0 Å². The van der Waals surface area contributed by atoms with Crippen LogP contribution in [0.5, 0.6) is 0 Å². The Morgan fingerprint density at radius 1 is 0.337 bits per heavy atom. The van der Waals surface area contributed by atoms with Crippen LogP contribution in [0.25, 0.3) is 158 Å². The van der Waals surface area contributed by atoms with Crippen molar-refractivity contribution < 1.29 is 11.0 Å². The third-order valence-electron chi connectivity index (χ3n) is 15.6. The molecule has 89 heavy (non-hydrogen) atoms. The fourth-order valence-electron chi connectivity index (χ4n) is 11.5. The molecule has 0 saturated carbocycles. The number of nitrogens with one attached hydrogen (secondary N) is 1. The molecular weight excluding hydrogens is 1190 g/mol. The number of H-pyrrole nitrogens is 1. The molecule has 0 aliphatic carbocycles. The number of fused-ring (bicyclic) bond motifs is 14. The van der Waals surface area contributed by atoms with E-state index in [1.807, 2.05) is 174 Å². The monoisotopic (exact) mass is 1250 g/mol. The Kier molecular flexibility index (Phi) is 11.8. The molecule has 0 aliphatic rings. The molecule has 6 aromatic heterocycles. The molecule has 420 valence electrons. The first-order valence-corrected chi connectivity index (χ1v) is 31.0. The first kappa shape index (κ1) is 45.5. The number of nitrogens with zero attached hydrogens (tertiary/aromatic N) is 7. The highest BCUT2D eigenvalue weighted by Gasteiger charge is 2.23. The lowest BCUT2D eigenvalue weighted by Crippen LogP contribution is -2.06. The van der Waals surface area contributed by atoms with Gasteiger partial charge in [0.05, 0.1) is 27.5 Å². The number of hydrogen-bond acceptors (Lipinski definition) is 8. The van der Waals surface area contributed by atoms with Gasteiger partial charge in [0.15, 0.2) is 23.3 Å². The van der Waals surface area contributed by atoms with E-state index in [9.17, 15) is 0 Å². The van der Waals surface area contributed by atoms with Crippen LogP contribution in [0.3, 0.4) is 0 Å². The van der Waals surface area contributed by atoms with Crippen LogP contribution in [0.2, 0.25) is 0 Å². The second-order valence-electron chi connectivity index (χ2n) is 21.0. The van der Waals surface area contributed by atoms with Crippen LogP contribution in [0.1, 0.15) is 11.0 Å². The van der Waals surface area contributed by atoms with Gasteiger partial charge in [-0.1, -0.05) is 243 Å². The number of aromatic amines is 1. The minimum Gasteiger partial charge on any atom is -0.354 e. The average molecular weight is 1250 g/mol. The predicted octanol–water partition coefficient (Wildman–Crippen LogP) is 21.7. The van der Waals surface area contributed by atoms with E-state index in [4.69, 9.17) is 25.9 Å². The first-order valence-electron chi connectivity index (χ1n) is 32.6. The van der Waals surface area contributed by atoms with Crippen LogP contribution >= 0.6 is 38.6 Å². The fraction of sp³-hybridized carbons (Fsp3) is 0. The number of hydrogen-bond donors (Lipinski definition) is 1. The van der Waals surface area contributed by atoms with Crippen LogP contribution < -0.4 is 0 Å². The molecule has 18 aromatic rings. The van der Waals surface area contributed by atoms with E-state index in [2.05, 4.69) is 109 Å². The molecule has 0 radical (unpaired) electrons. The van der Waals surface area contributed by atoms with Gasteiger partial charge in [-0.3, -0.25) is 4.57 Å². The van der Waals surface area contributed by atoms with Crippen molar-refractivity contribution in [3.8, 4) is 73.8 Å². The smallest absolute Gasteiger partial charge is 0.238 e. The van der Waals surface area contributed by atoms with Gasteiger partial charge in [-0.15, -0.1) is 22.7 Å². The molecule has 6 heterocycles.